The Morgan fingerprint density at radius 2 is 1.77 bits per heavy atom. The molecule has 0 N–H and O–H groups in total. The normalized spacial score (nSPS) is 24.1. The third-order valence-corrected chi connectivity index (χ3v) is 3.73. The number of hydrogen-bond acceptors (Lipinski definition) is 2. The smallest absolute Gasteiger partial charge is 0.310 e. The zero-order chi connectivity index (χ0) is 10.3. The lowest BCUT2D eigenvalue weighted by Gasteiger charge is -2.03. The summed E-state index contributed by atoms with van der Waals surface area (Å²) in [5.41, 5.74) is 0.132. The molecule has 1 rings (SSSR count). The SMILES string of the molecule is CC1(C)C(C(=O)OCCCl)C1(C)C. The van der Waals surface area contributed by atoms with Gasteiger partial charge in [-0.2, -0.15) is 0 Å². The summed E-state index contributed by atoms with van der Waals surface area (Å²) in [5, 5.41) is 0. The van der Waals surface area contributed by atoms with Crippen LogP contribution in [0.1, 0.15) is 27.7 Å². The summed E-state index contributed by atoms with van der Waals surface area (Å²) in [4.78, 5) is 11.5. The van der Waals surface area contributed by atoms with Crippen LogP contribution in [-0.2, 0) is 9.53 Å². The van der Waals surface area contributed by atoms with Crippen LogP contribution in [0.2, 0.25) is 0 Å². The fourth-order valence-electron chi connectivity index (χ4n) is 2.01. The van der Waals surface area contributed by atoms with Gasteiger partial charge in [0.05, 0.1) is 11.8 Å². The predicted octanol–water partition coefficient (Wildman–Crippen LogP) is 2.45. The first-order valence-corrected chi connectivity index (χ1v) is 5.11. The summed E-state index contributed by atoms with van der Waals surface area (Å²) < 4.78 is 5.02. The van der Waals surface area contributed by atoms with E-state index in [9.17, 15) is 4.79 Å². The third kappa shape index (κ3) is 1.56. The molecule has 0 atom stereocenters. The molecule has 0 bridgehead atoms. The number of halogens is 1. The number of ether oxygens (including phenoxy) is 1. The minimum atomic E-state index is -0.101. The molecule has 0 heterocycles. The molecule has 0 amide bonds. The standard InChI is InChI=1S/C10H17ClO2/c1-9(2)7(10(9,3)4)8(12)13-6-5-11/h7H,5-6H2,1-4H3. The maximum absolute atomic E-state index is 11.5. The largest absolute Gasteiger partial charge is 0.464 e. The second-order valence-corrected chi connectivity index (χ2v) is 5.11. The summed E-state index contributed by atoms with van der Waals surface area (Å²) in [5.74, 6) is 0.304. The van der Waals surface area contributed by atoms with Crippen molar-refractivity contribution in [3.63, 3.8) is 0 Å². The van der Waals surface area contributed by atoms with E-state index < -0.39 is 0 Å². The van der Waals surface area contributed by atoms with E-state index in [2.05, 4.69) is 27.7 Å². The summed E-state index contributed by atoms with van der Waals surface area (Å²) in [6, 6.07) is 0. The Labute approximate surface area is 84.6 Å². The van der Waals surface area contributed by atoms with E-state index in [0.29, 0.717) is 12.5 Å². The van der Waals surface area contributed by atoms with Crippen molar-refractivity contribution in [2.24, 2.45) is 16.7 Å². The van der Waals surface area contributed by atoms with Crippen molar-refractivity contribution in [3.05, 3.63) is 0 Å². The molecule has 0 spiro atoms. The van der Waals surface area contributed by atoms with Crippen molar-refractivity contribution in [3.8, 4) is 0 Å². The molecule has 0 aromatic rings. The van der Waals surface area contributed by atoms with Gasteiger partial charge in [-0.25, -0.2) is 0 Å². The van der Waals surface area contributed by atoms with Gasteiger partial charge in [0, 0.05) is 0 Å². The summed E-state index contributed by atoms with van der Waals surface area (Å²) >= 11 is 5.44. The second-order valence-electron chi connectivity index (χ2n) is 4.73. The van der Waals surface area contributed by atoms with Gasteiger partial charge in [0.2, 0.25) is 0 Å². The maximum Gasteiger partial charge on any atom is 0.310 e. The Bertz CT molecular complexity index is 207. The van der Waals surface area contributed by atoms with Gasteiger partial charge >= 0.3 is 5.97 Å². The van der Waals surface area contributed by atoms with Gasteiger partial charge in [-0.05, 0) is 10.8 Å². The molecule has 1 fully saturated rings. The Morgan fingerprint density at radius 1 is 1.31 bits per heavy atom. The van der Waals surface area contributed by atoms with Gasteiger partial charge < -0.3 is 4.74 Å². The van der Waals surface area contributed by atoms with Crippen molar-refractivity contribution < 1.29 is 9.53 Å². The number of esters is 1. The van der Waals surface area contributed by atoms with Crippen molar-refractivity contribution in [2.75, 3.05) is 12.5 Å². The molecule has 13 heavy (non-hydrogen) atoms. The quantitative estimate of drug-likeness (QED) is 0.522. The van der Waals surface area contributed by atoms with E-state index in [-0.39, 0.29) is 22.7 Å². The molecule has 0 aliphatic heterocycles. The fraction of sp³-hybridized carbons (Fsp3) is 0.900. The summed E-state index contributed by atoms with van der Waals surface area (Å²) in [6.07, 6.45) is 0. The van der Waals surface area contributed by atoms with Crippen molar-refractivity contribution >= 4 is 17.6 Å². The monoisotopic (exact) mass is 204 g/mol. The lowest BCUT2D eigenvalue weighted by molar-refractivity contribution is -0.146. The summed E-state index contributed by atoms with van der Waals surface area (Å²) in [6.45, 7) is 8.71. The molecule has 1 saturated carbocycles. The molecule has 0 radical (unpaired) electrons. The van der Waals surface area contributed by atoms with E-state index in [1.807, 2.05) is 0 Å². The molecule has 0 aromatic carbocycles. The number of alkyl halides is 1. The van der Waals surface area contributed by atoms with Crippen molar-refractivity contribution in [2.45, 2.75) is 27.7 Å². The van der Waals surface area contributed by atoms with Crippen LogP contribution >= 0.6 is 11.6 Å². The van der Waals surface area contributed by atoms with Crippen LogP contribution in [0.3, 0.4) is 0 Å². The van der Waals surface area contributed by atoms with Crippen LogP contribution in [0.15, 0.2) is 0 Å². The molecule has 76 valence electrons. The lowest BCUT2D eigenvalue weighted by atomic mass is 10.0. The highest BCUT2D eigenvalue weighted by molar-refractivity contribution is 6.18. The number of hydrogen-bond donors (Lipinski definition) is 0. The Morgan fingerprint density at radius 3 is 2.08 bits per heavy atom. The Hall–Kier alpha value is -0.240. The first-order chi connectivity index (χ1) is 5.85. The van der Waals surface area contributed by atoms with Crippen LogP contribution in [-0.4, -0.2) is 18.5 Å². The van der Waals surface area contributed by atoms with Crippen LogP contribution in [0, 0.1) is 16.7 Å². The minimum absolute atomic E-state index is 0.0308. The van der Waals surface area contributed by atoms with Gasteiger partial charge in [0.1, 0.15) is 6.61 Å². The van der Waals surface area contributed by atoms with Gasteiger partial charge in [-0.1, -0.05) is 27.7 Å². The average Bonchev–Trinajstić information content (AvgIpc) is 2.39. The topological polar surface area (TPSA) is 26.3 Å². The molecule has 0 aromatic heterocycles. The maximum atomic E-state index is 11.5. The third-order valence-electron chi connectivity index (χ3n) is 3.58. The second kappa shape index (κ2) is 3.16. The van der Waals surface area contributed by atoms with Crippen LogP contribution < -0.4 is 0 Å². The van der Waals surface area contributed by atoms with E-state index in [0.717, 1.165) is 0 Å². The van der Waals surface area contributed by atoms with Gasteiger partial charge in [-0.15, -0.1) is 11.6 Å². The Kier molecular flexibility index (Phi) is 2.63. The number of rotatable bonds is 3. The first kappa shape index (κ1) is 10.8. The molecule has 3 heteroatoms. The predicted molar refractivity (Wildman–Crippen MR) is 52.7 cm³/mol. The number of carbonyl (C=O) groups excluding carboxylic acids is 1. The molecule has 1 aliphatic carbocycles. The van der Waals surface area contributed by atoms with Gasteiger partial charge in [0.15, 0.2) is 0 Å². The average molecular weight is 205 g/mol. The van der Waals surface area contributed by atoms with Crippen LogP contribution in [0.25, 0.3) is 0 Å². The molecule has 2 nitrogen and oxygen atoms in total. The van der Waals surface area contributed by atoms with Crippen LogP contribution in [0.5, 0.6) is 0 Å². The van der Waals surface area contributed by atoms with Gasteiger partial charge in [0.25, 0.3) is 0 Å². The highest BCUT2D eigenvalue weighted by Gasteiger charge is 2.69. The molecular weight excluding hydrogens is 188 g/mol. The lowest BCUT2D eigenvalue weighted by Crippen LogP contribution is -2.12. The van der Waals surface area contributed by atoms with Crippen molar-refractivity contribution in [1.29, 1.82) is 0 Å². The number of carbonyl (C=O) groups is 1. The van der Waals surface area contributed by atoms with Crippen LogP contribution in [0.4, 0.5) is 0 Å². The molecule has 0 saturated heterocycles. The highest BCUT2D eigenvalue weighted by atomic mass is 35.5. The van der Waals surface area contributed by atoms with Crippen molar-refractivity contribution in [1.82, 2.24) is 0 Å². The van der Waals surface area contributed by atoms with E-state index in [4.69, 9.17) is 16.3 Å². The molecule has 0 unspecified atom stereocenters. The first-order valence-electron chi connectivity index (χ1n) is 4.58. The van der Waals surface area contributed by atoms with E-state index in [1.165, 1.54) is 0 Å². The molecular formula is C10H17ClO2. The van der Waals surface area contributed by atoms with E-state index >= 15 is 0 Å². The highest BCUT2D eigenvalue weighted by Crippen LogP contribution is 2.68. The minimum Gasteiger partial charge on any atom is -0.464 e. The zero-order valence-electron chi connectivity index (χ0n) is 8.69. The zero-order valence-corrected chi connectivity index (χ0v) is 9.44. The van der Waals surface area contributed by atoms with E-state index in [1.54, 1.807) is 0 Å². The van der Waals surface area contributed by atoms with Gasteiger partial charge in [-0.3, -0.25) is 4.79 Å². The summed E-state index contributed by atoms with van der Waals surface area (Å²) in [7, 11) is 0. The molecule has 1 aliphatic rings. The Balaban J connectivity index is 2.53. The fourth-order valence-corrected chi connectivity index (χ4v) is 2.09.